The second-order valence-electron chi connectivity index (χ2n) is 6.00. The highest BCUT2D eigenvalue weighted by Crippen LogP contribution is 2.37. The summed E-state index contributed by atoms with van der Waals surface area (Å²) in [5.41, 5.74) is 0.195. The Morgan fingerprint density at radius 3 is 2.72 bits per heavy atom. The van der Waals surface area contributed by atoms with Crippen molar-refractivity contribution in [3.63, 3.8) is 0 Å². The van der Waals surface area contributed by atoms with Crippen molar-refractivity contribution >= 4 is 17.3 Å². The van der Waals surface area contributed by atoms with Gasteiger partial charge in [-0.15, -0.1) is 0 Å². The molecule has 3 rings (SSSR count). The van der Waals surface area contributed by atoms with Crippen LogP contribution in [0.15, 0.2) is 12.1 Å². The fourth-order valence-corrected chi connectivity index (χ4v) is 2.53. The second kappa shape index (κ2) is 7.66. The summed E-state index contributed by atoms with van der Waals surface area (Å²) in [6.07, 6.45) is 0.903. The molecule has 9 nitrogen and oxygen atoms in total. The minimum absolute atomic E-state index is 0.0119. The van der Waals surface area contributed by atoms with Crippen molar-refractivity contribution in [1.82, 2.24) is 0 Å². The number of carbonyl (C=O) groups is 1. The highest BCUT2D eigenvalue weighted by Gasteiger charge is 2.28. The van der Waals surface area contributed by atoms with Crippen molar-refractivity contribution in [2.24, 2.45) is 5.92 Å². The molecule has 0 bridgehead atoms. The fraction of sp³-hybridized carbons (Fsp3) is 0.562. The SMILES string of the molecule is COC(=O)c1cc(NC[C@@H]2CCO2)c([N+](=O)[O-])c(OCC2COC2)c1. The van der Waals surface area contributed by atoms with Crippen LogP contribution in [0.1, 0.15) is 16.8 Å². The molecule has 0 amide bonds. The molecule has 1 aromatic rings. The summed E-state index contributed by atoms with van der Waals surface area (Å²) in [7, 11) is 1.26. The lowest BCUT2D eigenvalue weighted by Crippen LogP contribution is -2.34. The molecule has 2 saturated heterocycles. The van der Waals surface area contributed by atoms with Gasteiger partial charge in [-0.2, -0.15) is 0 Å². The number of nitrogens with zero attached hydrogens (tertiary/aromatic N) is 1. The number of rotatable bonds is 8. The van der Waals surface area contributed by atoms with E-state index in [1.165, 1.54) is 19.2 Å². The lowest BCUT2D eigenvalue weighted by Gasteiger charge is -2.27. The van der Waals surface area contributed by atoms with Crippen LogP contribution in [0.2, 0.25) is 0 Å². The molecule has 2 fully saturated rings. The van der Waals surface area contributed by atoms with E-state index in [4.69, 9.17) is 18.9 Å². The third-order valence-corrected chi connectivity index (χ3v) is 4.17. The van der Waals surface area contributed by atoms with Crippen LogP contribution in [-0.4, -0.2) is 57.1 Å². The number of nitro groups is 1. The largest absolute Gasteiger partial charge is 0.486 e. The summed E-state index contributed by atoms with van der Waals surface area (Å²) in [4.78, 5) is 22.9. The predicted molar refractivity (Wildman–Crippen MR) is 87.1 cm³/mol. The van der Waals surface area contributed by atoms with Crippen LogP contribution in [-0.2, 0) is 14.2 Å². The first kappa shape index (κ1) is 17.4. The lowest BCUT2D eigenvalue weighted by atomic mass is 10.1. The Morgan fingerprint density at radius 2 is 2.20 bits per heavy atom. The number of esters is 1. The van der Waals surface area contributed by atoms with Gasteiger partial charge in [-0.3, -0.25) is 10.1 Å². The normalized spacial score (nSPS) is 19.5. The molecule has 1 aromatic carbocycles. The Morgan fingerprint density at radius 1 is 1.44 bits per heavy atom. The van der Waals surface area contributed by atoms with Crippen LogP contribution >= 0.6 is 0 Å². The molecule has 0 saturated carbocycles. The zero-order chi connectivity index (χ0) is 17.8. The Hall–Kier alpha value is -2.39. The Balaban J connectivity index is 1.87. The molecule has 25 heavy (non-hydrogen) atoms. The Bertz CT molecular complexity index is 617. The van der Waals surface area contributed by atoms with E-state index in [1.807, 2.05) is 0 Å². The molecule has 0 aromatic heterocycles. The van der Waals surface area contributed by atoms with Gasteiger partial charge in [0.1, 0.15) is 5.69 Å². The smallest absolute Gasteiger partial charge is 0.338 e. The molecular formula is C16H20N2O7. The zero-order valence-corrected chi connectivity index (χ0v) is 13.9. The highest BCUT2D eigenvalue weighted by molar-refractivity contribution is 5.93. The summed E-state index contributed by atoms with van der Waals surface area (Å²) < 4.78 is 20.7. The first-order valence-electron chi connectivity index (χ1n) is 8.05. The molecule has 2 heterocycles. The number of nitrogens with one attached hydrogen (secondary N) is 1. The average Bonchev–Trinajstić information content (AvgIpc) is 2.50. The maximum absolute atomic E-state index is 11.9. The quantitative estimate of drug-likeness (QED) is 0.427. The van der Waals surface area contributed by atoms with E-state index in [2.05, 4.69) is 5.32 Å². The number of hydrogen-bond donors (Lipinski definition) is 1. The summed E-state index contributed by atoms with van der Waals surface area (Å²) >= 11 is 0. The van der Waals surface area contributed by atoms with Gasteiger partial charge in [0, 0.05) is 25.1 Å². The van der Waals surface area contributed by atoms with Gasteiger partial charge in [-0.25, -0.2) is 4.79 Å². The van der Waals surface area contributed by atoms with E-state index in [1.54, 1.807) is 0 Å². The summed E-state index contributed by atoms with van der Waals surface area (Å²) in [5.74, 6) is -0.354. The van der Waals surface area contributed by atoms with Gasteiger partial charge in [0.25, 0.3) is 0 Å². The molecule has 136 valence electrons. The van der Waals surface area contributed by atoms with Crippen molar-refractivity contribution in [3.8, 4) is 5.75 Å². The molecular weight excluding hydrogens is 332 g/mol. The fourth-order valence-electron chi connectivity index (χ4n) is 2.53. The topological polar surface area (TPSA) is 109 Å². The van der Waals surface area contributed by atoms with Gasteiger partial charge in [0.2, 0.25) is 0 Å². The summed E-state index contributed by atoms with van der Waals surface area (Å²) in [5, 5.41) is 14.6. The molecule has 0 aliphatic carbocycles. The highest BCUT2D eigenvalue weighted by atomic mass is 16.6. The molecule has 2 aliphatic rings. The van der Waals surface area contributed by atoms with Gasteiger partial charge in [-0.1, -0.05) is 0 Å². The predicted octanol–water partition coefficient (Wildman–Crippen LogP) is 1.61. The molecule has 0 spiro atoms. The maximum atomic E-state index is 11.9. The van der Waals surface area contributed by atoms with Crippen LogP contribution in [0.3, 0.4) is 0 Å². The first-order chi connectivity index (χ1) is 12.1. The number of benzene rings is 1. The third kappa shape index (κ3) is 3.99. The zero-order valence-electron chi connectivity index (χ0n) is 13.9. The molecule has 2 aliphatic heterocycles. The van der Waals surface area contributed by atoms with Crippen LogP contribution in [0.5, 0.6) is 5.75 Å². The van der Waals surface area contributed by atoms with Gasteiger partial charge in [0.15, 0.2) is 5.75 Å². The minimum Gasteiger partial charge on any atom is -0.486 e. The van der Waals surface area contributed by atoms with Crippen LogP contribution < -0.4 is 10.1 Å². The molecule has 1 atom stereocenters. The molecule has 9 heteroatoms. The van der Waals surface area contributed by atoms with E-state index >= 15 is 0 Å². The molecule has 1 N–H and O–H groups in total. The molecule has 0 unspecified atom stereocenters. The van der Waals surface area contributed by atoms with Gasteiger partial charge < -0.3 is 24.3 Å². The maximum Gasteiger partial charge on any atom is 0.338 e. The van der Waals surface area contributed by atoms with Crippen molar-refractivity contribution in [1.29, 1.82) is 0 Å². The van der Waals surface area contributed by atoms with Crippen LogP contribution in [0.25, 0.3) is 0 Å². The van der Waals surface area contributed by atoms with Crippen molar-refractivity contribution in [3.05, 3.63) is 27.8 Å². The average molecular weight is 352 g/mol. The van der Waals surface area contributed by atoms with Crippen molar-refractivity contribution in [2.75, 3.05) is 45.4 Å². The van der Waals surface area contributed by atoms with Crippen molar-refractivity contribution in [2.45, 2.75) is 12.5 Å². The third-order valence-electron chi connectivity index (χ3n) is 4.17. The minimum atomic E-state index is -0.588. The number of hydrogen-bond acceptors (Lipinski definition) is 8. The lowest BCUT2D eigenvalue weighted by molar-refractivity contribution is -0.385. The van der Waals surface area contributed by atoms with Crippen LogP contribution in [0.4, 0.5) is 11.4 Å². The van der Waals surface area contributed by atoms with E-state index in [9.17, 15) is 14.9 Å². The van der Waals surface area contributed by atoms with Gasteiger partial charge in [0.05, 0.1) is 43.5 Å². The second-order valence-corrected chi connectivity index (χ2v) is 6.00. The summed E-state index contributed by atoms with van der Waals surface area (Å²) in [6.45, 7) is 2.52. The van der Waals surface area contributed by atoms with Crippen LogP contribution in [0, 0.1) is 16.0 Å². The summed E-state index contributed by atoms with van der Waals surface area (Å²) in [6, 6.07) is 2.75. The number of carbonyl (C=O) groups excluding carboxylic acids is 1. The van der Waals surface area contributed by atoms with Crippen molar-refractivity contribution < 1.29 is 28.7 Å². The van der Waals surface area contributed by atoms with E-state index < -0.39 is 10.9 Å². The number of ether oxygens (including phenoxy) is 4. The van der Waals surface area contributed by atoms with Gasteiger partial charge in [-0.05, 0) is 12.5 Å². The number of nitro benzene ring substituents is 1. The monoisotopic (exact) mass is 352 g/mol. The molecule has 0 radical (unpaired) electrons. The number of anilines is 1. The Labute approximate surface area is 144 Å². The Kier molecular flexibility index (Phi) is 5.34. The standard InChI is InChI=1S/C16H20N2O7/c1-22-16(19)11-4-13(17-6-12-2-3-24-12)15(18(20)21)14(5-11)25-9-10-7-23-8-10/h4-5,10,12,17H,2-3,6-9H2,1H3/t12-/m0/s1. The first-order valence-corrected chi connectivity index (χ1v) is 8.05. The van der Waals surface area contributed by atoms with Gasteiger partial charge >= 0.3 is 11.7 Å². The van der Waals surface area contributed by atoms with E-state index in [0.717, 1.165) is 6.42 Å². The van der Waals surface area contributed by atoms with E-state index in [-0.39, 0.29) is 41.3 Å². The van der Waals surface area contributed by atoms with E-state index in [0.29, 0.717) is 26.4 Å². The number of methoxy groups -OCH3 is 1.